The largest absolute Gasteiger partial charge is 0.444 e. The van der Waals surface area contributed by atoms with E-state index in [9.17, 15) is 4.79 Å². The van der Waals surface area contributed by atoms with Crippen molar-refractivity contribution in [1.29, 1.82) is 0 Å². The molecular weight excluding hydrogens is 196 g/mol. The number of alkyl carbamates (subject to hydrolysis) is 1. The SMILES string of the molecule is CN1CCOC(NC(=O)OC(C)(C)C)C1. The number of carbonyl (C=O) groups is 1. The minimum atomic E-state index is -0.468. The summed E-state index contributed by atoms with van der Waals surface area (Å²) in [6.07, 6.45) is -0.693. The van der Waals surface area contributed by atoms with Crippen LogP contribution in [0.15, 0.2) is 0 Å². The monoisotopic (exact) mass is 216 g/mol. The second-order valence-electron chi connectivity index (χ2n) is 4.77. The first-order chi connectivity index (χ1) is 6.87. The summed E-state index contributed by atoms with van der Waals surface area (Å²) in [6.45, 7) is 7.73. The highest BCUT2D eigenvalue weighted by molar-refractivity contribution is 5.67. The maximum atomic E-state index is 11.4. The summed E-state index contributed by atoms with van der Waals surface area (Å²) in [7, 11) is 1.99. The van der Waals surface area contributed by atoms with Gasteiger partial charge in [-0.2, -0.15) is 0 Å². The van der Waals surface area contributed by atoms with Crippen LogP contribution in [0.4, 0.5) is 4.79 Å². The summed E-state index contributed by atoms with van der Waals surface area (Å²) in [5, 5.41) is 2.68. The Kier molecular flexibility index (Phi) is 3.93. The maximum absolute atomic E-state index is 11.4. The van der Waals surface area contributed by atoms with E-state index in [4.69, 9.17) is 9.47 Å². The Morgan fingerprint density at radius 1 is 1.53 bits per heavy atom. The Bertz CT molecular complexity index is 225. The molecule has 1 saturated heterocycles. The topological polar surface area (TPSA) is 50.8 Å². The smallest absolute Gasteiger partial charge is 0.409 e. The second-order valence-corrected chi connectivity index (χ2v) is 4.77. The van der Waals surface area contributed by atoms with Crippen molar-refractivity contribution in [2.24, 2.45) is 0 Å². The molecule has 0 aromatic carbocycles. The molecule has 88 valence electrons. The van der Waals surface area contributed by atoms with Gasteiger partial charge in [0.1, 0.15) is 11.8 Å². The summed E-state index contributed by atoms with van der Waals surface area (Å²) in [5.41, 5.74) is -0.468. The molecule has 1 amide bonds. The zero-order chi connectivity index (χ0) is 11.5. The van der Waals surface area contributed by atoms with Crippen molar-refractivity contribution in [2.45, 2.75) is 32.6 Å². The normalized spacial score (nSPS) is 23.6. The molecule has 1 unspecified atom stereocenters. The van der Waals surface area contributed by atoms with Crippen LogP contribution in [0.3, 0.4) is 0 Å². The van der Waals surface area contributed by atoms with Crippen molar-refractivity contribution in [2.75, 3.05) is 26.7 Å². The van der Waals surface area contributed by atoms with E-state index in [1.54, 1.807) is 0 Å². The standard InChI is InChI=1S/C10H20N2O3/c1-10(2,3)15-9(13)11-8-7-12(4)5-6-14-8/h8H,5-7H2,1-4H3,(H,11,13). The molecule has 1 heterocycles. The van der Waals surface area contributed by atoms with Crippen molar-refractivity contribution < 1.29 is 14.3 Å². The number of rotatable bonds is 1. The molecule has 0 radical (unpaired) electrons. The quantitative estimate of drug-likeness (QED) is 0.704. The van der Waals surface area contributed by atoms with E-state index in [0.717, 1.165) is 6.54 Å². The van der Waals surface area contributed by atoms with Crippen LogP contribution in [-0.4, -0.2) is 49.6 Å². The number of morpholine rings is 1. The predicted molar refractivity (Wildman–Crippen MR) is 56.6 cm³/mol. The highest BCUT2D eigenvalue weighted by atomic mass is 16.6. The third-order valence-electron chi connectivity index (χ3n) is 1.95. The van der Waals surface area contributed by atoms with E-state index < -0.39 is 11.7 Å². The number of amides is 1. The molecule has 1 aliphatic heterocycles. The van der Waals surface area contributed by atoms with Gasteiger partial charge in [0, 0.05) is 13.1 Å². The second kappa shape index (κ2) is 4.81. The van der Waals surface area contributed by atoms with Crippen molar-refractivity contribution in [3.63, 3.8) is 0 Å². The zero-order valence-electron chi connectivity index (χ0n) is 9.87. The summed E-state index contributed by atoms with van der Waals surface area (Å²) in [6, 6.07) is 0. The predicted octanol–water partition coefficient (Wildman–Crippen LogP) is 0.799. The van der Waals surface area contributed by atoms with Crippen molar-refractivity contribution in [1.82, 2.24) is 10.2 Å². The van der Waals surface area contributed by atoms with Gasteiger partial charge in [-0.15, -0.1) is 0 Å². The van der Waals surface area contributed by atoms with Crippen LogP contribution < -0.4 is 5.32 Å². The fourth-order valence-electron chi connectivity index (χ4n) is 1.30. The van der Waals surface area contributed by atoms with Crippen LogP contribution in [0.2, 0.25) is 0 Å². The van der Waals surface area contributed by atoms with Crippen LogP contribution in [0.25, 0.3) is 0 Å². The number of hydrogen-bond donors (Lipinski definition) is 1. The third kappa shape index (κ3) is 4.99. The number of nitrogens with zero attached hydrogens (tertiary/aromatic N) is 1. The number of likely N-dealkylation sites (N-methyl/N-ethyl adjacent to an activating group) is 1. The molecule has 1 aliphatic rings. The van der Waals surface area contributed by atoms with E-state index >= 15 is 0 Å². The first-order valence-corrected chi connectivity index (χ1v) is 5.16. The lowest BCUT2D eigenvalue weighted by molar-refractivity contribution is -0.0420. The van der Waals surface area contributed by atoms with E-state index in [1.165, 1.54) is 0 Å². The number of nitrogens with one attached hydrogen (secondary N) is 1. The molecule has 0 aromatic heterocycles. The minimum absolute atomic E-state index is 0.265. The Morgan fingerprint density at radius 3 is 2.73 bits per heavy atom. The van der Waals surface area contributed by atoms with Crippen molar-refractivity contribution in [3.05, 3.63) is 0 Å². The third-order valence-corrected chi connectivity index (χ3v) is 1.95. The molecule has 0 saturated carbocycles. The molecule has 0 bridgehead atoms. The highest BCUT2D eigenvalue weighted by Crippen LogP contribution is 2.07. The zero-order valence-corrected chi connectivity index (χ0v) is 9.87. The molecule has 0 aromatic rings. The Morgan fingerprint density at radius 2 is 2.20 bits per heavy atom. The van der Waals surface area contributed by atoms with Crippen molar-refractivity contribution >= 4 is 6.09 Å². The van der Waals surface area contributed by atoms with E-state index in [2.05, 4.69) is 10.2 Å². The van der Waals surface area contributed by atoms with E-state index in [0.29, 0.717) is 13.2 Å². The first-order valence-electron chi connectivity index (χ1n) is 5.16. The average molecular weight is 216 g/mol. The molecule has 1 fully saturated rings. The van der Waals surface area contributed by atoms with Gasteiger partial charge in [0.25, 0.3) is 0 Å². The Labute approximate surface area is 90.7 Å². The molecule has 15 heavy (non-hydrogen) atoms. The molecule has 1 N–H and O–H groups in total. The summed E-state index contributed by atoms with van der Waals surface area (Å²) >= 11 is 0. The van der Waals surface area contributed by atoms with E-state index in [1.807, 2.05) is 27.8 Å². The fourth-order valence-corrected chi connectivity index (χ4v) is 1.30. The molecule has 5 nitrogen and oxygen atoms in total. The molecule has 0 spiro atoms. The lowest BCUT2D eigenvalue weighted by atomic mass is 10.2. The number of ether oxygens (including phenoxy) is 2. The molecule has 5 heteroatoms. The Hall–Kier alpha value is -0.810. The summed E-state index contributed by atoms with van der Waals surface area (Å²) < 4.78 is 10.5. The van der Waals surface area contributed by atoms with Gasteiger partial charge in [0.15, 0.2) is 0 Å². The molecule has 1 rings (SSSR count). The lowest BCUT2D eigenvalue weighted by Crippen LogP contribution is -2.50. The van der Waals surface area contributed by atoms with Crippen LogP contribution in [0.5, 0.6) is 0 Å². The summed E-state index contributed by atoms with van der Waals surface area (Å²) in [4.78, 5) is 13.5. The molecular formula is C10H20N2O3. The van der Waals surface area contributed by atoms with Gasteiger partial charge in [0.2, 0.25) is 0 Å². The number of carbonyl (C=O) groups excluding carboxylic acids is 1. The Balaban J connectivity index is 2.31. The van der Waals surface area contributed by atoms with Crippen LogP contribution >= 0.6 is 0 Å². The first kappa shape index (κ1) is 12.3. The number of hydrogen-bond acceptors (Lipinski definition) is 4. The molecule has 1 atom stereocenters. The fraction of sp³-hybridized carbons (Fsp3) is 0.900. The van der Waals surface area contributed by atoms with Crippen LogP contribution in [0, 0.1) is 0 Å². The average Bonchev–Trinajstić information content (AvgIpc) is 1.99. The maximum Gasteiger partial charge on any atom is 0.409 e. The van der Waals surface area contributed by atoms with E-state index in [-0.39, 0.29) is 6.23 Å². The van der Waals surface area contributed by atoms with Crippen LogP contribution in [-0.2, 0) is 9.47 Å². The van der Waals surface area contributed by atoms with Gasteiger partial charge in [-0.25, -0.2) is 4.79 Å². The van der Waals surface area contributed by atoms with Gasteiger partial charge < -0.3 is 9.47 Å². The lowest BCUT2D eigenvalue weighted by Gasteiger charge is -2.31. The van der Waals surface area contributed by atoms with Gasteiger partial charge in [-0.3, -0.25) is 10.2 Å². The van der Waals surface area contributed by atoms with Gasteiger partial charge >= 0.3 is 6.09 Å². The van der Waals surface area contributed by atoms with Crippen molar-refractivity contribution in [3.8, 4) is 0 Å². The van der Waals surface area contributed by atoms with Gasteiger partial charge in [-0.05, 0) is 27.8 Å². The molecule has 0 aliphatic carbocycles. The minimum Gasteiger partial charge on any atom is -0.444 e. The van der Waals surface area contributed by atoms with Crippen LogP contribution in [0.1, 0.15) is 20.8 Å². The van der Waals surface area contributed by atoms with Gasteiger partial charge in [-0.1, -0.05) is 0 Å². The summed E-state index contributed by atoms with van der Waals surface area (Å²) in [5.74, 6) is 0. The highest BCUT2D eigenvalue weighted by Gasteiger charge is 2.22. The van der Waals surface area contributed by atoms with Gasteiger partial charge in [0.05, 0.1) is 6.61 Å².